The molecule has 0 aliphatic carbocycles. The second-order valence-electron chi connectivity index (χ2n) is 5.43. The van der Waals surface area contributed by atoms with Gasteiger partial charge < -0.3 is 10.4 Å². The number of rotatable bonds is 7. The molecule has 0 bridgehead atoms. The average molecular weight is 347 g/mol. The highest BCUT2D eigenvalue weighted by molar-refractivity contribution is 5.94. The molecule has 1 amide bonds. The number of benzene rings is 1. The standard InChI is InChI=1S/C17H18FN3O4/c1-2-3-7-13(17(24)25)19-16(23)12-9-10-15(22)21(20-12)14-8-5-4-6-11(14)18/h4-6,8-10,13H,2-3,7H2,1H3,(H,19,23)(H,24,25). The number of nitrogens with zero attached hydrogens (tertiary/aromatic N) is 2. The van der Waals surface area contributed by atoms with Gasteiger partial charge in [-0.2, -0.15) is 9.78 Å². The quantitative estimate of drug-likeness (QED) is 0.794. The van der Waals surface area contributed by atoms with Crippen LogP contribution in [0.25, 0.3) is 5.69 Å². The number of aromatic nitrogens is 2. The maximum Gasteiger partial charge on any atom is 0.326 e. The van der Waals surface area contributed by atoms with Gasteiger partial charge in [-0.15, -0.1) is 0 Å². The van der Waals surface area contributed by atoms with Gasteiger partial charge in [0, 0.05) is 6.07 Å². The molecular weight excluding hydrogens is 329 g/mol. The summed E-state index contributed by atoms with van der Waals surface area (Å²) in [6, 6.07) is 6.72. The zero-order chi connectivity index (χ0) is 18.4. The minimum Gasteiger partial charge on any atom is -0.480 e. The van der Waals surface area contributed by atoms with Gasteiger partial charge in [0.05, 0.1) is 0 Å². The van der Waals surface area contributed by atoms with Crippen LogP contribution in [0.15, 0.2) is 41.2 Å². The summed E-state index contributed by atoms with van der Waals surface area (Å²) in [6.07, 6.45) is 1.71. The van der Waals surface area contributed by atoms with Crippen molar-refractivity contribution < 1.29 is 19.1 Å². The Balaban J connectivity index is 2.29. The Morgan fingerprint density at radius 3 is 2.64 bits per heavy atom. The van der Waals surface area contributed by atoms with Crippen LogP contribution in [0.1, 0.15) is 36.7 Å². The summed E-state index contributed by atoms with van der Waals surface area (Å²) in [6.45, 7) is 1.91. The lowest BCUT2D eigenvalue weighted by molar-refractivity contribution is -0.139. The number of aliphatic carboxylic acids is 1. The van der Waals surface area contributed by atoms with Crippen LogP contribution in [0.2, 0.25) is 0 Å². The summed E-state index contributed by atoms with van der Waals surface area (Å²) in [7, 11) is 0. The molecule has 0 saturated carbocycles. The highest BCUT2D eigenvalue weighted by Gasteiger charge is 2.21. The average Bonchev–Trinajstić information content (AvgIpc) is 2.59. The minimum atomic E-state index is -1.15. The number of para-hydroxylation sites is 1. The first kappa shape index (κ1) is 18.3. The fourth-order valence-corrected chi connectivity index (χ4v) is 2.23. The third-order valence-electron chi connectivity index (χ3n) is 3.56. The van der Waals surface area contributed by atoms with Crippen molar-refractivity contribution in [2.75, 3.05) is 0 Å². The Morgan fingerprint density at radius 2 is 2.00 bits per heavy atom. The maximum atomic E-state index is 13.9. The Hall–Kier alpha value is -3.03. The molecule has 1 atom stereocenters. The monoisotopic (exact) mass is 347 g/mol. The molecule has 0 aliphatic rings. The summed E-state index contributed by atoms with van der Waals surface area (Å²) < 4.78 is 14.6. The first-order valence-corrected chi connectivity index (χ1v) is 7.83. The summed E-state index contributed by atoms with van der Waals surface area (Å²) in [4.78, 5) is 35.4. The summed E-state index contributed by atoms with van der Waals surface area (Å²) >= 11 is 0. The number of carboxylic acid groups (broad SMARTS) is 1. The van der Waals surface area contributed by atoms with E-state index in [9.17, 15) is 18.8 Å². The van der Waals surface area contributed by atoms with Gasteiger partial charge in [0.2, 0.25) is 0 Å². The van der Waals surface area contributed by atoms with Gasteiger partial charge in [-0.1, -0.05) is 31.9 Å². The third kappa shape index (κ3) is 4.50. The van der Waals surface area contributed by atoms with Crippen LogP contribution in [0.5, 0.6) is 0 Å². The number of hydrogen-bond donors (Lipinski definition) is 2. The predicted octanol–water partition coefficient (Wildman–Crippen LogP) is 1.74. The fraction of sp³-hybridized carbons (Fsp3) is 0.294. The summed E-state index contributed by atoms with van der Waals surface area (Å²) in [5.74, 6) is -2.56. The van der Waals surface area contributed by atoms with Crippen molar-refractivity contribution in [3.63, 3.8) is 0 Å². The Kier molecular flexibility index (Phi) is 5.99. The molecule has 0 saturated heterocycles. The first-order valence-electron chi connectivity index (χ1n) is 7.83. The molecule has 132 valence electrons. The number of halogens is 1. The van der Waals surface area contributed by atoms with Crippen molar-refractivity contribution in [1.82, 2.24) is 15.1 Å². The fourth-order valence-electron chi connectivity index (χ4n) is 2.23. The largest absolute Gasteiger partial charge is 0.480 e. The van der Waals surface area contributed by atoms with E-state index in [4.69, 9.17) is 5.11 Å². The van der Waals surface area contributed by atoms with Crippen LogP contribution in [0, 0.1) is 5.82 Å². The first-order chi connectivity index (χ1) is 11.9. The smallest absolute Gasteiger partial charge is 0.326 e. The Bertz CT molecular complexity index is 835. The van der Waals surface area contributed by atoms with Crippen LogP contribution >= 0.6 is 0 Å². The van der Waals surface area contributed by atoms with Crippen molar-refractivity contribution in [1.29, 1.82) is 0 Å². The molecule has 0 aliphatic heterocycles. The normalized spacial score (nSPS) is 11.8. The molecule has 7 nitrogen and oxygen atoms in total. The molecule has 1 aromatic heterocycles. The molecule has 0 spiro atoms. The van der Waals surface area contributed by atoms with Crippen molar-refractivity contribution in [3.8, 4) is 5.69 Å². The lowest BCUT2D eigenvalue weighted by Gasteiger charge is -2.14. The van der Waals surface area contributed by atoms with Crippen LogP contribution in [-0.2, 0) is 4.79 Å². The van der Waals surface area contributed by atoms with Crippen LogP contribution < -0.4 is 10.9 Å². The van der Waals surface area contributed by atoms with E-state index in [1.807, 2.05) is 6.92 Å². The van der Waals surface area contributed by atoms with Crippen LogP contribution in [0.4, 0.5) is 4.39 Å². The van der Waals surface area contributed by atoms with Crippen molar-refractivity contribution in [3.05, 3.63) is 58.3 Å². The van der Waals surface area contributed by atoms with Gasteiger partial charge in [-0.3, -0.25) is 9.59 Å². The topological polar surface area (TPSA) is 101 Å². The number of carbonyl (C=O) groups is 2. The second kappa shape index (κ2) is 8.18. The lowest BCUT2D eigenvalue weighted by Crippen LogP contribution is -2.41. The van der Waals surface area contributed by atoms with Gasteiger partial charge in [-0.25, -0.2) is 9.18 Å². The molecule has 1 unspecified atom stereocenters. The number of unbranched alkanes of at least 4 members (excludes halogenated alkanes) is 1. The molecule has 8 heteroatoms. The van der Waals surface area contributed by atoms with Crippen LogP contribution in [-0.4, -0.2) is 32.8 Å². The number of nitrogens with one attached hydrogen (secondary N) is 1. The Morgan fingerprint density at radius 1 is 1.28 bits per heavy atom. The predicted molar refractivity (Wildman–Crippen MR) is 88.2 cm³/mol. The molecule has 2 rings (SSSR count). The Labute approximate surface area is 143 Å². The van der Waals surface area contributed by atoms with Gasteiger partial charge in [0.1, 0.15) is 23.2 Å². The van der Waals surface area contributed by atoms with E-state index >= 15 is 0 Å². The van der Waals surface area contributed by atoms with Gasteiger partial charge in [0.25, 0.3) is 11.5 Å². The zero-order valence-electron chi connectivity index (χ0n) is 13.6. The second-order valence-corrected chi connectivity index (χ2v) is 5.43. The van der Waals surface area contributed by atoms with Crippen LogP contribution in [0.3, 0.4) is 0 Å². The minimum absolute atomic E-state index is 0.0945. The van der Waals surface area contributed by atoms with E-state index in [-0.39, 0.29) is 17.8 Å². The highest BCUT2D eigenvalue weighted by Crippen LogP contribution is 2.09. The van der Waals surface area contributed by atoms with Crippen molar-refractivity contribution in [2.24, 2.45) is 0 Å². The third-order valence-corrected chi connectivity index (χ3v) is 3.56. The van der Waals surface area contributed by atoms with E-state index in [2.05, 4.69) is 10.4 Å². The van der Waals surface area contributed by atoms with Gasteiger partial charge >= 0.3 is 5.97 Å². The van der Waals surface area contributed by atoms with Crippen molar-refractivity contribution >= 4 is 11.9 Å². The number of carboxylic acids is 1. The highest BCUT2D eigenvalue weighted by atomic mass is 19.1. The SMILES string of the molecule is CCCCC(NC(=O)c1ccc(=O)n(-c2ccccc2F)n1)C(=O)O. The lowest BCUT2D eigenvalue weighted by atomic mass is 10.1. The van der Waals surface area contributed by atoms with E-state index < -0.39 is 29.3 Å². The van der Waals surface area contributed by atoms with E-state index in [0.29, 0.717) is 6.42 Å². The number of hydrogen-bond acceptors (Lipinski definition) is 4. The van der Waals surface area contributed by atoms with E-state index in [0.717, 1.165) is 17.2 Å². The number of amides is 1. The molecule has 2 aromatic rings. The molecular formula is C17H18FN3O4. The summed E-state index contributed by atoms with van der Waals surface area (Å²) in [5, 5.41) is 15.4. The molecule has 2 N–H and O–H groups in total. The molecule has 25 heavy (non-hydrogen) atoms. The summed E-state index contributed by atoms with van der Waals surface area (Å²) in [5.41, 5.74) is -0.879. The van der Waals surface area contributed by atoms with E-state index in [1.165, 1.54) is 30.3 Å². The number of carbonyl (C=O) groups excluding carboxylic acids is 1. The zero-order valence-corrected chi connectivity index (χ0v) is 13.6. The van der Waals surface area contributed by atoms with E-state index in [1.54, 1.807) is 0 Å². The molecule has 0 radical (unpaired) electrons. The van der Waals surface area contributed by atoms with Gasteiger partial charge in [-0.05, 0) is 24.6 Å². The maximum absolute atomic E-state index is 13.9. The molecule has 1 aromatic carbocycles. The van der Waals surface area contributed by atoms with Gasteiger partial charge in [0.15, 0.2) is 0 Å². The molecule has 0 fully saturated rings. The molecule has 1 heterocycles. The van der Waals surface area contributed by atoms with Crippen molar-refractivity contribution in [2.45, 2.75) is 32.2 Å².